The number of likely N-dealkylation sites (tertiary alicyclic amines) is 1. The highest BCUT2D eigenvalue weighted by molar-refractivity contribution is 5.92. The second-order valence-corrected chi connectivity index (χ2v) is 5.12. The van der Waals surface area contributed by atoms with Gasteiger partial charge in [0.1, 0.15) is 5.69 Å². The number of aryl methyl sites for hydroxylation is 1. The Bertz CT molecular complexity index is 518. The van der Waals surface area contributed by atoms with Gasteiger partial charge in [-0.25, -0.2) is 4.98 Å². The van der Waals surface area contributed by atoms with Crippen molar-refractivity contribution in [2.75, 3.05) is 19.7 Å². The predicted octanol–water partition coefficient (Wildman–Crippen LogP) is -0.0410. The van der Waals surface area contributed by atoms with Crippen LogP contribution in [0.5, 0.6) is 0 Å². The highest BCUT2D eigenvalue weighted by atomic mass is 16.3. The molecule has 2 heterocycles. The van der Waals surface area contributed by atoms with E-state index in [1.165, 1.54) is 6.92 Å². The first-order chi connectivity index (χ1) is 9.51. The molecule has 2 amide bonds. The molecule has 0 spiro atoms. The van der Waals surface area contributed by atoms with Gasteiger partial charge in [-0.2, -0.15) is 0 Å². The van der Waals surface area contributed by atoms with Gasteiger partial charge in [0.25, 0.3) is 5.91 Å². The summed E-state index contributed by atoms with van der Waals surface area (Å²) in [5.41, 5.74) is 1.18. The van der Waals surface area contributed by atoms with Crippen LogP contribution in [0.2, 0.25) is 0 Å². The van der Waals surface area contributed by atoms with Gasteiger partial charge in [-0.3, -0.25) is 9.59 Å². The van der Waals surface area contributed by atoms with Crippen LogP contribution in [0.4, 0.5) is 0 Å². The van der Waals surface area contributed by atoms with Crippen LogP contribution in [-0.2, 0) is 4.79 Å². The largest absolute Gasteiger partial charge is 0.396 e. The standard InChI is InChI=1S/C14H19N3O3/c1-9-4-3-5-12(15-9)14(20)17-6-11(8-18)13(7-17)16-10(2)19/h3-5,11,13,18H,6-8H2,1-2H3,(H,16,19)/t11-,13+/m0/s1. The number of aromatic nitrogens is 1. The van der Waals surface area contributed by atoms with Crippen LogP contribution in [0, 0.1) is 12.8 Å². The minimum atomic E-state index is -0.203. The van der Waals surface area contributed by atoms with E-state index in [0.29, 0.717) is 18.8 Å². The molecule has 1 aliphatic heterocycles. The molecular formula is C14H19N3O3. The predicted molar refractivity (Wildman–Crippen MR) is 73.1 cm³/mol. The normalized spacial score (nSPS) is 21.9. The summed E-state index contributed by atoms with van der Waals surface area (Å²) in [6.45, 7) is 4.03. The Morgan fingerprint density at radius 2 is 2.20 bits per heavy atom. The third kappa shape index (κ3) is 3.14. The monoisotopic (exact) mass is 277 g/mol. The van der Waals surface area contributed by atoms with Crippen molar-refractivity contribution >= 4 is 11.8 Å². The SMILES string of the molecule is CC(=O)N[C@@H]1CN(C(=O)c2cccc(C)n2)C[C@H]1CO. The van der Waals surface area contributed by atoms with E-state index in [1.54, 1.807) is 17.0 Å². The van der Waals surface area contributed by atoms with Gasteiger partial charge < -0.3 is 15.3 Å². The molecule has 108 valence electrons. The van der Waals surface area contributed by atoms with Crippen molar-refractivity contribution in [3.05, 3.63) is 29.6 Å². The van der Waals surface area contributed by atoms with E-state index in [-0.39, 0.29) is 30.4 Å². The molecule has 1 fully saturated rings. The topological polar surface area (TPSA) is 82.5 Å². The fourth-order valence-electron chi connectivity index (χ4n) is 2.47. The summed E-state index contributed by atoms with van der Waals surface area (Å²) < 4.78 is 0. The Kier molecular flexibility index (Phi) is 4.34. The van der Waals surface area contributed by atoms with E-state index in [0.717, 1.165) is 5.69 Å². The average Bonchev–Trinajstić information content (AvgIpc) is 2.80. The third-order valence-electron chi connectivity index (χ3n) is 3.46. The zero-order chi connectivity index (χ0) is 14.7. The van der Waals surface area contributed by atoms with E-state index in [1.807, 2.05) is 13.0 Å². The zero-order valence-electron chi connectivity index (χ0n) is 11.7. The molecule has 0 unspecified atom stereocenters. The van der Waals surface area contributed by atoms with Crippen LogP contribution in [-0.4, -0.2) is 52.5 Å². The summed E-state index contributed by atoms with van der Waals surface area (Å²) in [7, 11) is 0. The molecule has 1 aromatic heterocycles. The number of pyridine rings is 1. The van der Waals surface area contributed by atoms with Crippen molar-refractivity contribution in [3.63, 3.8) is 0 Å². The van der Waals surface area contributed by atoms with Crippen molar-refractivity contribution < 1.29 is 14.7 Å². The number of aliphatic hydroxyl groups is 1. The van der Waals surface area contributed by atoms with Crippen molar-refractivity contribution in [2.24, 2.45) is 5.92 Å². The Balaban J connectivity index is 2.10. The van der Waals surface area contributed by atoms with Crippen molar-refractivity contribution in [1.29, 1.82) is 0 Å². The summed E-state index contributed by atoms with van der Waals surface area (Å²) >= 11 is 0. The van der Waals surface area contributed by atoms with Gasteiger partial charge in [0, 0.05) is 38.2 Å². The van der Waals surface area contributed by atoms with Crippen LogP contribution >= 0.6 is 0 Å². The van der Waals surface area contributed by atoms with Crippen molar-refractivity contribution in [1.82, 2.24) is 15.2 Å². The first-order valence-corrected chi connectivity index (χ1v) is 6.62. The maximum atomic E-state index is 12.4. The van der Waals surface area contributed by atoms with E-state index in [2.05, 4.69) is 10.3 Å². The Labute approximate surface area is 117 Å². The second kappa shape index (κ2) is 6.00. The van der Waals surface area contributed by atoms with E-state index < -0.39 is 0 Å². The van der Waals surface area contributed by atoms with E-state index in [4.69, 9.17) is 0 Å². The van der Waals surface area contributed by atoms with Crippen molar-refractivity contribution in [2.45, 2.75) is 19.9 Å². The Morgan fingerprint density at radius 3 is 2.80 bits per heavy atom. The van der Waals surface area contributed by atoms with Gasteiger partial charge in [0.05, 0.1) is 6.04 Å². The summed E-state index contributed by atoms with van der Waals surface area (Å²) in [5.74, 6) is -0.455. The lowest BCUT2D eigenvalue weighted by atomic mass is 10.1. The van der Waals surface area contributed by atoms with E-state index in [9.17, 15) is 14.7 Å². The van der Waals surface area contributed by atoms with Crippen molar-refractivity contribution in [3.8, 4) is 0 Å². The number of rotatable bonds is 3. The third-order valence-corrected chi connectivity index (χ3v) is 3.46. The van der Waals surface area contributed by atoms with Gasteiger partial charge in [0.15, 0.2) is 0 Å². The number of carbonyl (C=O) groups is 2. The highest BCUT2D eigenvalue weighted by Gasteiger charge is 2.35. The molecule has 2 N–H and O–H groups in total. The fraction of sp³-hybridized carbons (Fsp3) is 0.500. The number of hydrogen-bond donors (Lipinski definition) is 2. The minimum absolute atomic E-state index is 0.0596. The zero-order valence-corrected chi connectivity index (χ0v) is 11.7. The molecule has 0 aliphatic carbocycles. The molecule has 6 nitrogen and oxygen atoms in total. The highest BCUT2D eigenvalue weighted by Crippen LogP contribution is 2.18. The number of aliphatic hydroxyl groups excluding tert-OH is 1. The van der Waals surface area contributed by atoms with Gasteiger partial charge >= 0.3 is 0 Å². The number of nitrogens with one attached hydrogen (secondary N) is 1. The lowest BCUT2D eigenvalue weighted by Crippen LogP contribution is -2.40. The lowest BCUT2D eigenvalue weighted by molar-refractivity contribution is -0.119. The molecule has 1 aliphatic rings. The quantitative estimate of drug-likeness (QED) is 0.812. The lowest BCUT2D eigenvalue weighted by Gasteiger charge is -2.16. The Hall–Kier alpha value is -1.95. The molecule has 0 aromatic carbocycles. The van der Waals surface area contributed by atoms with Crippen LogP contribution in [0.15, 0.2) is 18.2 Å². The molecule has 0 radical (unpaired) electrons. The van der Waals surface area contributed by atoms with Crippen LogP contribution in [0.25, 0.3) is 0 Å². The first-order valence-electron chi connectivity index (χ1n) is 6.62. The van der Waals surface area contributed by atoms with Gasteiger partial charge in [-0.1, -0.05) is 6.07 Å². The molecule has 0 bridgehead atoms. The molecule has 2 rings (SSSR count). The van der Waals surface area contributed by atoms with Crippen LogP contribution < -0.4 is 5.32 Å². The number of carbonyl (C=O) groups excluding carboxylic acids is 2. The minimum Gasteiger partial charge on any atom is -0.396 e. The number of nitrogens with zero attached hydrogens (tertiary/aromatic N) is 2. The molecule has 20 heavy (non-hydrogen) atoms. The molecular weight excluding hydrogens is 258 g/mol. The van der Waals surface area contributed by atoms with Gasteiger partial charge in [-0.15, -0.1) is 0 Å². The number of amides is 2. The van der Waals surface area contributed by atoms with Gasteiger partial charge in [-0.05, 0) is 19.1 Å². The fourth-order valence-corrected chi connectivity index (χ4v) is 2.47. The van der Waals surface area contributed by atoms with Crippen LogP contribution in [0.1, 0.15) is 23.1 Å². The summed E-state index contributed by atoms with van der Waals surface area (Å²) in [6, 6.07) is 5.10. The Morgan fingerprint density at radius 1 is 1.45 bits per heavy atom. The maximum absolute atomic E-state index is 12.4. The first kappa shape index (κ1) is 14.5. The molecule has 1 saturated heterocycles. The molecule has 1 aromatic rings. The smallest absolute Gasteiger partial charge is 0.272 e. The van der Waals surface area contributed by atoms with E-state index >= 15 is 0 Å². The summed E-state index contributed by atoms with van der Waals surface area (Å²) in [6.07, 6.45) is 0. The summed E-state index contributed by atoms with van der Waals surface area (Å²) in [5, 5.41) is 12.1. The summed E-state index contributed by atoms with van der Waals surface area (Å²) in [4.78, 5) is 29.3. The molecule has 2 atom stereocenters. The number of hydrogen-bond acceptors (Lipinski definition) is 4. The van der Waals surface area contributed by atoms with Gasteiger partial charge in [0.2, 0.25) is 5.91 Å². The average molecular weight is 277 g/mol. The second-order valence-electron chi connectivity index (χ2n) is 5.12. The molecule has 6 heteroatoms. The maximum Gasteiger partial charge on any atom is 0.272 e. The van der Waals surface area contributed by atoms with Crippen LogP contribution in [0.3, 0.4) is 0 Å². The molecule has 0 saturated carbocycles.